The van der Waals surface area contributed by atoms with Crippen LogP contribution >= 0.6 is 0 Å². The molecule has 0 spiro atoms. The molecule has 0 saturated heterocycles. The van der Waals surface area contributed by atoms with Crippen LogP contribution in [0.1, 0.15) is 37.4 Å². The Bertz CT molecular complexity index is 479. The molecule has 2 N–H and O–H groups in total. The second-order valence-corrected chi connectivity index (χ2v) is 4.95. The van der Waals surface area contributed by atoms with Gasteiger partial charge in [-0.1, -0.05) is 11.6 Å². The van der Waals surface area contributed by atoms with Crippen LogP contribution in [0, 0.1) is 12.3 Å². The quantitative estimate of drug-likeness (QED) is 0.785. The topological polar surface area (TPSA) is 105 Å². The molecule has 0 atom stereocenters. The van der Waals surface area contributed by atoms with Gasteiger partial charge in [-0.3, -0.25) is 9.59 Å². The van der Waals surface area contributed by atoms with Gasteiger partial charge in [-0.25, -0.2) is 0 Å². The molecule has 7 heteroatoms. The van der Waals surface area contributed by atoms with Gasteiger partial charge in [0.1, 0.15) is 0 Å². The first-order valence-corrected chi connectivity index (χ1v) is 6.31. The fourth-order valence-corrected chi connectivity index (χ4v) is 2.09. The molecule has 19 heavy (non-hydrogen) atoms. The number of carbonyl (C=O) groups is 2. The van der Waals surface area contributed by atoms with Gasteiger partial charge in [-0.15, -0.1) is 0 Å². The number of aliphatic carboxylic acids is 1. The first kappa shape index (κ1) is 13.5. The van der Waals surface area contributed by atoms with Crippen molar-refractivity contribution in [1.82, 2.24) is 15.5 Å². The van der Waals surface area contributed by atoms with E-state index in [4.69, 9.17) is 9.63 Å². The molecule has 2 rings (SSSR count). The number of amides is 1. The Morgan fingerprint density at radius 2 is 2.21 bits per heavy atom. The van der Waals surface area contributed by atoms with Gasteiger partial charge in [0.25, 0.3) is 0 Å². The highest BCUT2D eigenvalue weighted by Gasteiger charge is 2.44. The number of carbonyl (C=O) groups excluding carboxylic acids is 1. The highest BCUT2D eigenvalue weighted by atomic mass is 16.5. The van der Waals surface area contributed by atoms with Gasteiger partial charge in [0.2, 0.25) is 11.8 Å². The van der Waals surface area contributed by atoms with E-state index in [2.05, 4.69) is 15.5 Å². The van der Waals surface area contributed by atoms with Crippen LogP contribution in [-0.2, 0) is 16.0 Å². The van der Waals surface area contributed by atoms with E-state index in [0.29, 0.717) is 31.0 Å². The third-order valence-corrected chi connectivity index (χ3v) is 3.52. The van der Waals surface area contributed by atoms with Gasteiger partial charge in [-0.05, 0) is 19.8 Å². The summed E-state index contributed by atoms with van der Waals surface area (Å²) in [4.78, 5) is 26.7. The van der Waals surface area contributed by atoms with Crippen LogP contribution in [-0.4, -0.2) is 33.7 Å². The molecule has 1 aromatic rings. The summed E-state index contributed by atoms with van der Waals surface area (Å²) < 4.78 is 4.90. The van der Waals surface area contributed by atoms with Crippen LogP contribution in [0.2, 0.25) is 0 Å². The minimum Gasteiger partial charge on any atom is -0.481 e. The van der Waals surface area contributed by atoms with E-state index < -0.39 is 11.4 Å². The average Bonchev–Trinajstić information content (AvgIpc) is 2.70. The summed E-state index contributed by atoms with van der Waals surface area (Å²) in [6, 6.07) is 0. The predicted octanol–water partition coefficient (Wildman–Crippen LogP) is 0.682. The molecule has 0 aliphatic heterocycles. The van der Waals surface area contributed by atoms with Gasteiger partial charge >= 0.3 is 5.97 Å². The maximum atomic E-state index is 11.6. The molecule has 7 nitrogen and oxygen atoms in total. The monoisotopic (exact) mass is 267 g/mol. The highest BCUT2D eigenvalue weighted by molar-refractivity contribution is 5.79. The summed E-state index contributed by atoms with van der Waals surface area (Å²) in [5, 5.41) is 15.4. The summed E-state index contributed by atoms with van der Waals surface area (Å²) in [5.41, 5.74) is -0.753. The number of carboxylic acids is 1. The van der Waals surface area contributed by atoms with Crippen molar-refractivity contribution >= 4 is 11.9 Å². The molecule has 0 aromatic carbocycles. The zero-order valence-corrected chi connectivity index (χ0v) is 10.8. The molecule has 104 valence electrons. The molecule has 0 unspecified atom stereocenters. The number of hydrogen-bond donors (Lipinski definition) is 2. The summed E-state index contributed by atoms with van der Waals surface area (Å²) in [6.07, 6.45) is 2.75. The Kier molecular flexibility index (Phi) is 3.82. The van der Waals surface area contributed by atoms with Crippen molar-refractivity contribution in [3.05, 3.63) is 11.7 Å². The summed E-state index contributed by atoms with van der Waals surface area (Å²) in [5.74, 6) is -0.0612. The Morgan fingerprint density at radius 1 is 1.47 bits per heavy atom. The van der Waals surface area contributed by atoms with Crippen molar-refractivity contribution in [1.29, 1.82) is 0 Å². The number of aromatic nitrogens is 2. The average molecular weight is 267 g/mol. The molecule has 1 saturated carbocycles. The van der Waals surface area contributed by atoms with Gasteiger partial charge in [0, 0.05) is 19.4 Å². The summed E-state index contributed by atoms with van der Waals surface area (Å²) in [6.45, 7) is 1.91. The summed E-state index contributed by atoms with van der Waals surface area (Å²) >= 11 is 0. The molecule has 1 aliphatic carbocycles. The Labute approximate surface area is 110 Å². The minimum atomic E-state index is -0.827. The van der Waals surface area contributed by atoms with Gasteiger partial charge in [0.15, 0.2) is 5.82 Å². The molecule has 1 aromatic heterocycles. The van der Waals surface area contributed by atoms with Crippen molar-refractivity contribution in [2.45, 2.75) is 39.0 Å². The third-order valence-electron chi connectivity index (χ3n) is 3.52. The van der Waals surface area contributed by atoms with E-state index in [9.17, 15) is 9.59 Å². The number of hydrogen-bond acceptors (Lipinski definition) is 5. The maximum Gasteiger partial charge on any atom is 0.311 e. The van der Waals surface area contributed by atoms with E-state index in [1.807, 2.05) is 0 Å². The fraction of sp³-hybridized carbons (Fsp3) is 0.667. The standard InChI is InChI=1S/C12H17N3O4/c1-8-14-10(19-15-8)4-3-9(16)13-7-12(11(17)18)5-2-6-12/h2-7H2,1H3,(H,13,16)(H,17,18). The first-order chi connectivity index (χ1) is 9.02. The Balaban J connectivity index is 1.74. The van der Waals surface area contributed by atoms with E-state index in [1.165, 1.54) is 0 Å². The molecule has 1 heterocycles. The van der Waals surface area contributed by atoms with Gasteiger partial charge < -0.3 is 14.9 Å². The van der Waals surface area contributed by atoms with E-state index in [1.54, 1.807) is 6.92 Å². The molecular formula is C12H17N3O4. The number of carboxylic acid groups (broad SMARTS) is 1. The molecule has 0 bridgehead atoms. The SMILES string of the molecule is Cc1noc(CCC(=O)NCC2(C(=O)O)CCC2)n1. The first-order valence-electron chi connectivity index (χ1n) is 6.31. The smallest absolute Gasteiger partial charge is 0.311 e. The van der Waals surface area contributed by atoms with Crippen LogP contribution < -0.4 is 5.32 Å². The second-order valence-electron chi connectivity index (χ2n) is 4.95. The van der Waals surface area contributed by atoms with E-state index >= 15 is 0 Å². The molecular weight excluding hydrogens is 250 g/mol. The highest BCUT2D eigenvalue weighted by Crippen LogP contribution is 2.40. The van der Waals surface area contributed by atoms with Crippen molar-refractivity contribution in [2.24, 2.45) is 5.41 Å². The molecule has 1 fully saturated rings. The Morgan fingerprint density at radius 3 is 2.68 bits per heavy atom. The zero-order chi connectivity index (χ0) is 13.9. The number of rotatable bonds is 6. The van der Waals surface area contributed by atoms with Crippen LogP contribution in [0.5, 0.6) is 0 Å². The lowest BCUT2D eigenvalue weighted by Gasteiger charge is -2.37. The predicted molar refractivity (Wildman–Crippen MR) is 64.3 cm³/mol. The van der Waals surface area contributed by atoms with Crippen molar-refractivity contribution in [3.8, 4) is 0 Å². The lowest BCUT2D eigenvalue weighted by atomic mass is 9.69. The van der Waals surface area contributed by atoms with E-state index in [0.717, 1.165) is 6.42 Å². The van der Waals surface area contributed by atoms with Crippen LogP contribution in [0.3, 0.4) is 0 Å². The lowest BCUT2D eigenvalue weighted by Crippen LogP contribution is -2.47. The van der Waals surface area contributed by atoms with Crippen molar-refractivity contribution in [2.75, 3.05) is 6.54 Å². The lowest BCUT2D eigenvalue weighted by molar-refractivity contribution is -0.154. The molecule has 0 radical (unpaired) electrons. The summed E-state index contributed by atoms with van der Waals surface area (Å²) in [7, 11) is 0. The number of nitrogens with one attached hydrogen (secondary N) is 1. The van der Waals surface area contributed by atoms with Crippen molar-refractivity contribution < 1.29 is 19.2 Å². The van der Waals surface area contributed by atoms with Gasteiger partial charge in [-0.2, -0.15) is 4.98 Å². The number of nitrogens with zero attached hydrogens (tertiary/aromatic N) is 2. The number of aryl methyl sites for hydroxylation is 2. The maximum absolute atomic E-state index is 11.6. The normalized spacial score (nSPS) is 16.7. The zero-order valence-electron chi connectivity index (χ0n) is 10.8. The minimum absolute atomic E-state index is 0.191. The third kappa shape index (κ3) is 3.10. The van der Waals surface area contributed by atoms with Crippen LogP contribution in [0.25, 0.3) is 0 Å². The fourth-order valence-electron chi connectivity index (χ4n) is 2.09. The Hall–Kier alpha value is -1.92. The van der Waals surface area contributed by atoms with Gasteiger partial charge in [0.05, 0.1) is 5.41 Å². The van der Waals surface area contributed by atoms with Crippen LogP contribution in [0.4, 0.5) is 0 Å². The largest absolute Gasteiger partial charge is 0.481 e. The van der Waals surface area contributed by atoms with Crippen molar-refractivity contribution in [3.63, 3.8) is 0 Å². The second kappa shape index (κ2) is 5.38. The van der Waals surface area contributed by atoms with E-state index in [-0.39, 0.29) is 18.9 Å². The molecule has 1 aliphatic rings. The van der Waals surface area contributed by atoms with Crippen LogP contribution in [0.15, 0.2) is 4.52 Å². The molecule has 1 amide bonds.